The Morgan fingerprint density at radius 3 is 1.22 bits per heavy atom. The number of carbonyl (C=O) groups excluding carboxylic acids is 2. The summed E-state index contributed by atoms with van der Waals surface area (Å²) in [5.74, 6) is 2.14. The molecule has 12 nitrogen and oxygen atoms in total. The summed E-state index contributed by atoms with van der Waals surface area (Å²) in [5, 5.41) is 8.58. The molecule has 0 aliphatic rings. The fourth-order valence-corrected chi connectivity index (χ4v) is 8.73. The number of ketones is 2. The third-order valence-corrected chi connectivity index (χ3v) is 13.5. The van der Waals surface area contributed by atoms with Crippen LogP contribution in [0.2, 0.25) is 0 Å². The van der Waals surface area contributed by atoms with Gasteiger partial charge in [-0.25, -0.2) is 8.42 Å². The molecule has 0 spiro atoms. The standard InChI is InChI=1S/C59H76N2O10S/c1-45-20-22-49(23-21-45)60-61-50-24-26-51(27-25-50)66-36-14-8-9-17-39-69-54-43-47(46(2)62)42-48(44-54)57(63)59(6,7)71-41-19-13-11-16-38-68-53-30-34-56(35-31-53)72(64,65)55-32-28-52(29-33-55)67-37-15-10-12-18-40-70-58(3,4)5/h20-35,42-44H,8-19,36-41H2,1-7H3. The van der Waals surface area contributed by atoms with Crippen molar-refractivity contribution >= 4 is 32.8 Å². The van der Waals surface area contributed by atoms with Gasteiger partial charge in [0.1, 0.15) is 28.6 Å². The Kier molecular flexibility index (Phi) is 22.9. The number of unbranched alkanes of at least 4 members (excludes halogenated alkanes) is 9. The first kappa shape index (κ1) is 57.0. The first-order chi connectivity index (χ1) is 34.5. The van der Waals surface area contributed by atoms with E-state index in [1.807, 2.05) is 55.5 Å². The number of benzene rings is 5. The minimum Gasteiger partial charge on any atom is -0.494 e. The van der Waals surface area contributed by atoms with Gasteiger partial charge < -0.3 is 28.4 Å². The van der Waals surface area contributed by atoms with Crippen LogP contribution in [0.4, 0.5) is 11.4 Å². The zero-order chi connectivity index (χ0) is 51.8. The summed E-state index contributed by atoms with van der Waals surface area (Å²) in [6.45, 7) is 16.5. The van der Waals surface area contributed by atoms with E-state index in [0.717, 1.165) is 101 Å². The highest BCUT2D eigenvalue weighted by atomic mass is 32.2. The molecule has 0 fully saturated rings. The fraction of sp³-hybridized carbons (Fsp3) is 0.458. The van der Waals surface area contributed by atoms with Crippen molar-refractivity contribution in [2.75, 3.05) is 39.6 Å². The van der Waals surface area contributed by atoms with Crippen LogP contribution in [-0.4, -0.2) is 70.8 Å². The Morgan fingerprint density at radius 1 is 0.444 bits per heavy atom. The van der Waals surface area contributed by atoms with Gasteiger partial charge in [0, 0.05) is 24.3 Å². The van der Waals surface area contributed by atoms with Crippen LogP contribution in [0.3, 0.4) is 0 Å². The van der Waals surface area contributed by atoms with Crippen LogP contribution in [0.25, 0.3) is 0 Å². The van der Waals surface area contributed by atoms with E-state index in [1.165, 1.54) is 12.5 Å². The van der Waals surface area contributed by atoms with Crippen LogP contribution in [0, 0.1) is 6.92 Å². The second kappa shape index (κ2) is 29.0. The van der Waals surface area contributed by atoms with Gasteiger partial charge in [0.05, 0.1) is 53.2 Å². The van der Waals surface area contributed by atoms with Crippen molar-refractivity contribution in [2.45, 2.75) is 147 Å². The smallest absolute Gasteiger partial charge is 0.206 e. The summed E-state index contributed by atoms with van der Waals surface area (Å²) in [6.07, 6.45) is 11.0. The molecule has 72 heavy (non-hydrogen) atoms. The van der Waals surface area contributed by atoms with Gasteiger partial charge in [0.2, 0.25) is 9.84 Å². The average molecular weight is 1010 g/mol. The third kappa shape index (κ3) is 20.3. The number of rotatable bonds is 33. The van der Waals surface area contributed by atoms with Crippen molar-refractivity contribution in [2.24, 2.45) is 10.2 Å². The highest BCUT2D eigenvalue weighted by molar-refractivity contribution is 7.91. The monoisotopic (exact) mass is 1000 g/mol. The van der Waals surface area contributed by atoms with Crippen molar-refractivity contribution in [3.63, 3.8) is 0 Å². The lowest BCUT2D eigenvalue weighted by atomic mass is 9.94. The second-order valence-corrected chi connectivity index (χ2v) is 21.5. The molecule has 0 aliphatic heterocycles. The van der Waals surface area contributed by atoms with Crippen LogP contribution in [0.1, 0.15) is 145 Å². The lowest BCUT2D eigenvalue weighted by molar-refractivity contribution is -0.00594. The Morgan fingerprint density at radius 2 is 0.806 bits per heavy atom. The van der Waals surface area contributed by atoms with Crippen molar-refractivity contribution in [1.82, 2.24) is 0 Å². The van der Waals surface area contributed by atoms with E-state index in [9.17, 15) is 18.0 Å². The number of aryl methyl sites for hydroxylation is 1. The summed E-state index contributed by atoms with van der Waals surface area (Å²) >= 11 is 0. The molecule has 5 rings (SSSR count). The number of Topliss-reactive ketones (excluding diaryl/α,β-unsaturated/α-hetero) is 2. The first-order valence-electron chi connectivity index (χ1n) is 25.5. The average Bonchev–Trinajstić information content (AvgIpc) is 3.36. The molecule has 0 heterocycles. The molecule has 5 aromatic rings. The molecule has 0 amide bonds. The summed E-state index contributed by atoms with van der Waals surface area (Å²) in [5.41, 5.74) is 2.32. The Bertz CT molecular complexity index is 2550. The second-order valence-electron chi connectivity index (χ2n) is 19.6. The summed E-state index contributed by atoms with van der Waals surface area (Å²) < 4.78 is 62.2. The van der Waals surface area contributed by atoms with E-state index in [1.54, 1.807) is 80.6 Å². The maximum absolute atomic E-state index is 13.7. The summed E-state index contributed by atoms with van der Waals surface area (Å²) in [6, 6.07) is 33.5. The SMILES string of the molecule is CC(=O)c1cc(OCCCCCCOc2ccc(N=Nc3ccc(C)cc3)cc2)cc(C(=O)C(C)(C)OCCCCCCOc2ccc(S(=O)(=O)c3ccc(OCCCCCCOC(C)(C)C)cc3)cc2)c1. The van der Waals surface area contributed by atoms with Crippen LogP contribution in [-0.2, 0) is 19.3 Å². The fourth-order valence-electron chi connectivity index (χ4n) is 7.47. The minimum absolute atomic E-state index is 0.108. The number of carbonyl (C=O) groups is 2. The lowest BCUT2D eigenvalue weighted by Gasteiger charge is -2.24. The minimum atomic E-state index is -3.70. The van der Waals surface area contributed by atoms with Gasteiger partial charge in [-0.2, -0.15) is 10.2 Å². The predicted octanol–water partition coefficient (Wildman–Crippen LogP) is 14.8. The Hall–Kier alpha value is -5.89. The Labute approximate surface area is 428 Å². The molecule has 13 heteroatoms. The zero-order valence-corrected chi connectivity index (χ0v) is 44.4. The van der Waals surface area contributed by atoms with Crippen molar-refractivity contribution in [3.05, 3.63) is 132 Å². The van der Waals surface area contributed by atoms with Crippen LogP contribution in [0.5, 0.6) is 23.0 Å². The quantitative estimate of drug-likeness (QED) is 0.0226. The van der Waals surface area contributed by atoms with Gasteiger partial charge in [-0.15, -0.1) is 0 Å². The molecule has 388 valence electrons. The van der Waals surface area contributed by atoms with E-state index in [4.69, 9.17) is 28.4 Å². The van der Waals surface area contributed by atoms with E-state index in [-0.39, 0.29) is 27.0 Å². The molecule has 0 saturated heterocycles. The molecule has 0 aliphatic carbocycles. The van der Waals surface area contributed by atoms with E-state index >= 15 is 0 Å². The first-order valence-corrected chi connectivity index (χ1v) is 27.0. The number of ether oxygens (including phenoxy) is 6. The molecule has 0 N–H and O–H groups in total. The predicted molar refractivity (Wildman–Crippen MR) is 284 cm³/mol. The van der Waals surface area contributed by atoms with Crippen LogP contribution in [0.15, 0.2) is 135 Å². The van der Waals surface area contributed by atoms with Gasteiger partial charge in [0.25, 0.3) is 0 Å². The maximum atomic E-state index is 13.7. The van der Waals surface area contributed by atoms with Crippen LogP contribution >= 0.6 is 0 Å². The number of sulfone groups is 1. The summed E-state index contributed by atoms with van der Waals surface area (Å²) in [7, 11) is -3.70. The molecule has 0 radical (unpaired) electrons. The van der Waals surface area contributed by atoms with Gasteiger partial charge in [-0.1, -0.05) is 30.5 Å². The largest absolute Gasteiger partial charge is 0.494 e. The maximum Gasteiger partial charge on any atom is 0.206 e. The molecule has 0 bridgehead atoms. The third-order valence-electron chi connectivity index (χ3n) is 11.7. The highest BCUT2D eigenvalue weighted by Gasteiger charge is 2.30. The van der Waals surface area contributed by atoms with Crippen molar-refractivity contribution < 1.29 is 46.4 Å². The number of hydrogen-bond donors (Lipinski definition) is 0. The molecular formula is C59H76N2O10S. The molecule has 0 atom stereocenters. The lowest BCUT2D eigenvalue weighted by Crippen LogP contribution is -2.35. The van der Waals surface area contributed by atoms with Gasteiger partial charge >= 0.3 is 0 Å². The van der Waals surface area contributed by atoms with E-state index in [0.29, 0.717) is 61.4 Å². The van der Waals surface area contributed by atoms with Gasteiger partial charge in [0.15, 0.2) is 11.6 Å². The molecule has 0 aromatic heterocycles. The van der Waals surface area contributed by atoms with Gasteiger partial charge in [-0.3, -0.25) is 9.59 Å². The highest BCUT2D eigenvalue weighted by Crippen LogP contribution is 2.28. The Balaban J connectivity index is 0.926. The molecule has 5 aromatic carbocycles. The molecular weight excluding hydrogens is 929 g/mol. The summed E-state index contributed by atoms with van der Waals surface area (Å²) in [4.78, 5) is 26.5. The number of hydrogen-bond acceptors (Lipinski definition) is 12. The van der Waals surface area contributed by atoms with E-state index in [2.05, 4.69) is 31.0 Å². The number of azo groups is 1. The van der Waals surface area contributed by atoms with E-state index < -0.39 is 15.4 Å². The van der Waals surface area contributed by atoms with Crippen molar-refractivity contribution in [3.8, 4) is 23.0 Å². The van der Waals surface area contributed by atoms with Gasteiger partial charge in [-0.05, 0) is 216 Å². The van der Waals surface area contributed by atoms with Crippen molar-refractivity contribution in [1.29, 1.82) is 0 Å². The number of nitrogens with zero attached hydrogens (tertiary/aromatic N) is 2. The topological polar surface area (TPSA) is 148 Å². The molecule has 0 saturated carbocycles. The van der Waals surface area contributed by atoms with Crippen LogP contribution < -0.4 is 18.9 Å². The normalized spacial score (nSPS) is 12.0. The zero-order valence-electron chi connectivity index (χ0n) is 43.6. The molecule has 0 unspecified atom stereocenters.